The Bertz CT molecular complexity index is 708. The molecule has 3 atom stereocenters. The molecule has 0 aromatic heterocycles. The lowest BCUT2D eigenvalue weighted by Gasteiger charge is -2.37. The topological polar surface area (TPSA) is 32.3 Å². The number of halogens is 1. The minimum absolute atomic E-state index is 0.169. The van der Waals surface area contributed by atoms with Gasteiger partial charge in [-0.1, -0.05) is 24.3 Å². The number of benzene rings is 2. The molecule has 0 saturated carbocycles. The molecule has 2 aromatic carbocycles. The third-order valence-corrected chi connectivity index (χ3v) is 4.58. The van der Waals surface area contributed by atoms with Gasteiger partial charge in [-0.25, -0.2) is 4.39 Å². The van der Waals surface area contributed by atoms with Crippen LogP contribution in [0.3, 0.4) is 0 Å². The maximum Gasteiger partial charge on any atom is 0.123 e. The predicted octanol–water partition coefficient (Wildman–Crippen LogP) is 4.36. The first-order chi connectivity index (χ1) is 10.2. The molecule has 21 heavy (non-hydrogen) atoms. The van der Waals surface area contributed by atoms with Crippen molar-refractivity contribution in [3.8, 4) is 5.75 Å². The summed E-state index contributed by atoms with van der Waals surface area (Å²) in [7, 11) is 0. The van der Waals surface area contributed by atoms with Gasteiger partial charge in [0, 0.05) is 11.6 Å². The third kappa shape index (κ3) is 2.00. The normalized spacial score (nSPS) is 26.0. The number of phenolic OH excluding ortho intramolecular Hbond substituents is 1. The smallest absolute Gasteiger partial charge is 0.123 e. The van der Waals surface area contributed by atoms with E-state index in [0.717, 1.165) is 23.2 Å². The summed E-state index contributed by atoms with van der Waals surface area (Å²) in [4.78, 5) is 0. The molecule has 2 N–H and O–H groups in total. The number of allylic oxidation sites excluding steroid dienone is 2. The molecule has 0 bridgehead atoms. The molecule has 4 rings (SSSR count). The first-order valence-corrected chi connectivity index (χ1v) is 7.24. The average molecular weight is 281 g/mol. The number of hydrogen-bond acceptors (Lipinski definition) is 2. The van der Waals surface area contributed by atoms with Gasteiger partial charge in [-0.15, -0.1) is 0 Å². The molecular formula is C18H16FNO. The summed E-state index contributed by atoms with van der Waals surface area (Å²) < 4.78 is 13.1. The monoisotopic (exact) mass is 281 g/mol. The summed E-state index contributed by atoms with van der Waals surface area (Å²) in [5, 5.41) is 13.3. The van der Waals surface area contributed by atoms with Gasteiger partial charge in [-0.05, 0) is 53.8 Å². The predicted molar refractivity (Wildman–Crippen MR) is 80.9 cm³/mol. The zero-order valence-corrected chi connectivity index (χ0v) is 11.5. The van der Waals surface area contributed by atoms with Crippen LogP contribution in [-0.4, -0.2) is 5.11 Å². The summed E-state index contributed by atoms with van der Waals surface area (Å²) in [6, 6.07) is 12.4. The van der Waals surface area contributed by atoms with Gasteiger partial charge in [0.1, 0.15) is 11.6 Å². The molecular weight excluding hydrogens is 265 g/mol. The number of rotatable bonds is 1. The fourth-order valence-electron chi connectivity index (χ4n) is 3.58. The number of anilines is 1. The molecule has 1 aliphatic carbocycles. The molecule has 106 valence electrons. The Balaban J connectivity index is 1.78. The van der Waals surface area contributed by atoms with E-state index in [1.165, 1.54) is 12.1 Å². The van der Waals surface area contributed by atoms with E-state index in [2.05, 4.69) is 17.5 Å². The van der Waals surface area contributed by atoms with Crippen molar-refractivity contribution in [3.63, 3.8) is 0 Å². The summed E-state index contributed by atoms with van der Waals surface area (Å²) >= 11 is 0. The Morgan fingerprint density at radius 2 is 1.90 bits per heavy atom. The van der Waals surface area contributed by atoms with E-state index >= 15 is 0 Å². The van der Waals surface area contributed by atoms with Gasteiger partial charge in [0.05, 0.1) is 6.04 Å². The fourth-order valence-corrected chi connectivity index (χ4v) is 3.58. The fraction of sp³-hybridized carbons (Fsp3) is 0.222. The molecule has 3 unspecified atom stereocenters. The first kappa shape index (κ1) is 12.5. The van der Waals surface area contributed by atoms with Crippen LogP contribution in [0.15, 0.2) is 54.6 Å². The van der Waals surface area contributed by atoms with Gasteiger partial charge in [-0.2, -0.15) is 0 Å². The van der Waals surface area contributed by atoms with Crippen molar-refractivity contribution in [3.05, 3.63) is 71.6 Å². The molecule has 0 saturated heterocycles. The van der Waals surface area contributed by atoms with Gasteiger partial charge in [0.15, 0.2) is 0 Å². The van der Waals surface area contributed by atoms with Crippen LogP contribution >= 0.6 is 0 Å². The van der Waals surface area contributed by atoms with Crippen molar-refractivity contribution in [2.75, 3.05) is 5.32 Å². The van der Waals surface area contributed by atoms with Crippen LogP contribution in [0.1, 0.15) is 29.5 Å². The van der Waals surface area contributed by atoms with Crippen molar-refractivity contribution >= 4 is 5.69 Å². The highest BCUT2D eigenvalue weighted by atomic mass is 19.1. The second-order valence-electron chi connectivity index (χ2n) is 5.80. The summed E-state index contributed by atoms with van der Waals surface area (Å²) in [6.45, 7) is 0. The van der Waals surface area contributed by atoms with Gasteiger partial charge in [-0.3, -0.25) is 0 Å². The van der Waals surface area contributed by atoms with E-state index in [1.54, 1.807) is 6.07 Å². The molecule has 0 amide bonds. The van der Waals surface area contributed by atoms with E-state index < -0.39 is 0 Å². The molecule has 3 heteroatoms. The van der Waals surface area contributed by atoms with Crippen molar-refractivity contribution in [1.82, 2.24) is 0 Å². The van der Waals surface area contributed by atoms with Crippen LogP contribution in [0, 0.1) is 11.7 Å². The van der Waals surface area contributed by atoms with E-state index in [0.29, 0.717) is 17.6 Å². The van der Waals surface area contributed by atoms with Gasteiger partial charge in [0.25, 0.3) is 0 Å². The highest BCUT2D eigenvalue weighted by Crippen LogP contribution is 2.50. The minimum Gasteiger partial charge on any atom is -0.508 e. The van der Waals surface area contributed by atoms with Crippen LogP contribution in [0.4, 0.5) is 10.1 Å². The molecule has 2 aliphatic rings. The summed E-state index contributed by atoms with van der Waals surface area (Å²) in [6.07, 6.45) is 5.42. The Morgan fingerprint density at radius 1 is 1.10 bits per heavy atom. The van der Waals surface area contributed by atoms with Crippen LogP contribution in [0.5, 0.6) is 5.75 Å². The van der Waals surface area contributed by atoms with Crippen molar-refractivity contribution in [2.24, 2.45) is 5.92 Å². The van der Waals surface area contributed by atoms with Crippen LogP contribution < -0.4 is 5.32 Å². The molecule has 0 fully saturated rings. The maximum atomic E-state index is 13.1. The standard InChI is InChI=1S/C18H16FNO/c19-12-6-4-11(5-7-12)18-15-3-1-2-14(15)16-10-13(21)8-9-17(16)20-18/h1-2,4-10,14-15,18,20-21H,3H2. The SMILES string of the molecule is Oc1ccc2c(c1)C1C=CCC1C(c1ccc(F)cc1)N2. The number of aromatic hydroxyl groups is 1. The van der Waals surface area contributed by atoms with Crippen molar-refractivity contribution in [2.45, 2.75) is 18.4 Å². The summed E-state index contributed by atoms with van der Waals surface area (Å²) in [5.74, 6) is 0.809. The minimum atomic E-state index is -0.207. The van der Waals surface area contributed by atoms with Crippen LogP contribution in [0.25, 0.3) is 0 Å². The lowest BCUT2D eigenvalue weighted by molar-refractivity contribution is 0.421. The Labute approximate surface area is 122 Å². The highest BCUT2D eigenvalue weighted by molar-refractivity contribution is 5.61. The van der Waals surface area contributed by atoms with E-state index in [4.69, 9.17) is 0 Å². The number of fused-ring (bicyclic) bond motifs is 3. The Hall–Kier alpha value is -2.29. The van der Waals surface area contributed by atoms with Crippen molar-refractivity contribution in [1.29, 1.82) is 0 Å². The molecule has 0 spiro atoms. The average Bonchev–Trinajstić information content (AvgIpc) is 2.97. The van der Waals surface area contributed by atoms with E-state index in [1.807, 2.05) is 24.3 Å². The largest absolute Gasteiger partial charge is 0.508 e. The van der Waals surface area contributed by atoms with Gasteiger partial charge in [0.2, 0.25) is 0 Å². The van der Waals surface area contributed by atoms with Crippen LogP contribution in [0.2, 0.25) is 0 Å². The lowest BCUT2D eigenvalue weighted by atomic mass is 9.77. The zero-order valence-electron chi connectivity index (χ0n) is 11.5. The zero-order chi connectivity index (χ0) is 14.4. The number of nitrogens with one attached hydrogen (secondary N) is 1. The van der Waals surface area contributed by atoms with Crippen molar-refractivity contribution < 1.29 is 9.50 Å². The molecule has 2 nitrogen and oxygen atoms in total. The van der Waals surface area contributed by atoms with E-state index in [-0.39, 0.29) is 11.9 Å². The molecule has 1 heterocycles. The molecule has 1 aliphatic heterocycles. The Kier molecular flexibility index (Phi) is 2.74. The van der Waals surface area contributed by atoms with E-state index in [9.17, 15) is 9.50 Å². The quantitative estimate of drug-likeness (QED) is 0.601. The molecule has 0 radical (unpaired) electrons. The first-order valence-electron chi connectivity index (χ1n) is 7.24. The second kappa shape index (κ2) is 4.62. The number of hydrogen-bond donors (Lipinski definition) is 2. The third-order valence-electron chi connectivity index (χ3n) is 4.58. The van der Waals surface area contributed by atoms with Crippen LogP contribution in [-0.2, 0) is 0 Å². The maximum absolute atomic E-state index is 13.1. The highest BCUT2D eigenvalue weighted by Gasteiger charge is 2.37. The van der Waals surface area contributed by atoms with Gasteiger partial charge >= 0.3 is 0 Å². The summed E-state index contributed by atoms with van der Waals surface area (Å²) in [5.41, 5.74) is 3.30. The van der Waals surface area contributed by atoms with Gasteiger partial charge < -0.3 is 10.4 Å². The second-order valence-corrected chi connectivity index (χ2v) is 5.80. The molecule has 2 aromatic rings. The number of phenols is 1. The Morgan fingerprint density at radius 3 is 2.71 bits per heavy atom. The lowest BCUT2D eigenvalue weighted by Crippen LogP contribution is -2.28.